The van der Waals surface area contributed by atoms with Crippen molar-refractivity contribution >= 4 is 40.4 Å². The molecule has 1 N–H and O–H groups in total. The average Bonchev–Trinajstić information content (AvgIpc) is 3.05. The molecule has 1 aromatic carbocycles. The molecule has 1 fully saturated rings. The van der Waals surface area contributed by atoms with Gasteiger partial charge in [-0.2, -0.15) is 0 Å². The van der Waals surface area contributed by atoms with Gasteiger partial charge in [0.2, 0.25) is 0 Å². The Balaban J connectivity index is 1.42. The predicted molar refractivity (Wildman–Crippen MR) is 111 cm³/mol. The molecule has 1 aromatic heterocycles. The van der Waals surface area contributed by atoms with Crippen LogP contribution < -0.4 is 4.87 Å². The van der Waals surface area contributed by atoms with E-state index in [4.69, 9.17) is 23.2 Å². The maximum absolute atomic E-state index is 12.3. The smallest absolute Gasteiger partial charge is 0.305 e. The third-order valence-corrected chi connectivity index (χ3v) is 6.24. The molecule has 0 atom stereocenters. The van der Waals surface area contributed by atoms with Crippen LogP contribution in [0, 0.1) is 5.92 Å². The summed E-state index contributed by atoms with van der Waals surface area (Å²) in [6.45, 7) is 3.63. The van der Waals surface area contributed by atoms with Crippen molar-refractivity contribution < 1.29 is 4.79 Å². The standard InChI is InChI=1S/C19H23Cl2N3O2S/c1-23(18(25)17-11-22-19(26)27-17)5-2-13-3-6-24(7-4-13)12-14-8-15(20)10-16(21)9-14/h8-11,13H,2-7,12H2,1H3,(H,22,26). The molecule has 0 radical (unpaired) electrons. The number of halogens is 2. The molecule has 2 aromatic rings. The number of carbonyl (C=O) groups is 1. The van der Waals surface area contributed by atoms with Gasteiger partial charge in [-0.1, -0.05) is 34.5 Å². The molecule has 3 rings (SSSR count). The van der Waals surface area contributed by atoms with Gasteiger partial charge in [-0.3, -0.25) is 14.5 Å². The number of aromatic nitrogens is 1. The Labute approximate surface area is 172 Å². The number of piperidine rings is 1. The van der Waals surface area contributed by atoms with Gasteiger partial charge in [0.05, 0.1) is 0 Å². The van der Waals surface area contributed by atoms with Crippen molar-refractivity contribution in [3.63, 3.8) is 0 Å². The first-order chi connectivity index (χ1) is 12.9. The molecule has 0 unspecified atom stereocenters. The molecule has 0 saturated carbocycles. The van der Waals surface area contributed by atoms with Gasteiger partial charge in [0.25, 0.3) is 5.91 Å². The Morgan fingerprint density at radius 1 is 1.26 bits per heavy atom. The number of thiazole rings is 1. The van der Waals surface area contributed by atoms with Crippen LogP contribution in [-0.4, -0.2) is 47.4 Å². The SMILES string of the molecule is CN(CCC1CCN(Cc2cc(Cl)cc(Cl)c2)CC1)C(=O)c1c[nH]c(=O)s1. The van der Waals surface area contributed by atoms with E-state index < -0.39 is 0 Å². The van der Waals surface area contributed by atoms with Crippen molar-refractivity contribution in [2.75, 3.05) is 26.7 Å². The Morgan fingerprint density at radius 2 is 1.93 bits per heavy atom. The van der Waals surface area contributed by atoms with E-state index in [-0.39, 0.29) is 10.8 Å². The van der Waals surface area contributed by atoms with Crippen molar-refractivity contribution in [3.8, 4) is 0 Å². The highest BCUT2D eigenvalue weighted by atomic mass is 35.5. The number of hydrogen-bond acceptors (Lipinski definition) is 4. The molecular formula is C19H23Cl2N3O2S. The lowest BCUT2D eigenvalue weighted by atomic mass is 9.93. The van der Waals surface area contributed by atoms with Crippen LogP contribution in [0.25, 0.3) is 0 Å². The summed E-state index contributed by atoms with van der Waals surface area (Å²) in [5.41, 5.74) is 1.14. The fourth-order valence-corrected chi connectivity index (χ4v) is 4.70. The summed E-state index contributed by atoms with van der Waals surface area (Å²) >= 11 is 13.1. The first-order valence-corrected chi connectivity index (χ1v) is 10.6. The van der Waals surface area contributed by atoms with Gasteiger partial charge in [-0.15, -0.1) is 0 Å². The number of likely N-dealkylation sites (tertiary alicyclic amines) is 1. The largest absolute Gasteiger partial charge is 0.341 e. The molecule has 27 heavy (non-hydrogen) atoms. The van der Waals surface area contributed by atoms with E-state index in [0.717, 1.165) is 55.8 Å². The second kappa shape index (κ2) is 9.24. The lowest BCUT2D eigenvalue weighted by molar-refractivity contribution is 0.0781. The highest BCUT2D eigenvalue weighted by molar-refractivity contribution is 7.11. The third-order valence-electron chi connectivity index (χ3n) is 4.99. The molecule has 146 valence electrons. The topological polar surface area (TPSA) is 56.4 Å². The Morgan fingerprint density at radius 3 is 2.52 bits per heavy atom. The molecule has 1 aliphatic heterocycles. The summed E-state index contributed by atoms with van der Waals surface area (Å²) in [4.78, 5) is 30.4. The van der Waals surface area contributed by atoms with Crippen molar-refractivity contribution in [3.05, 3.63) is 54.5 Å². The van der Waals surface area contributed by atoms with Gasteiger partial charge in [-0.05, 0) is 62.0 Å². The Bertz CT molecular complexity index is 823. The monoisotopic (exact) mass is 427 g/mol. The quantitative estimate of drug-likeness (QED) is 0.753. The molecule has 1 aliphatic rings. The van der Waals surface area contributed by atoms with E-state index in [1.165, 1.54) is 6.20 Å². The summed E-state index contributed by atoms with van der Waals surface area (Å²) in [5.74, 6) is 0.526. The van der Waals surface area contributed by atoms with E-state index >= 15 is 0 Å². The first-order valence-electron chi connectivity index (χ1n) is 9.02. The Hall–Kier alpha value is -1.34. The van der Waals surface area contributed by atoms with E-state index in [1.807, 2.05) is 12.1 Å². The first kappa shape index (κ1) is 20.4. The highest BCUT2D eigenvalue weighted by Gasteiger charge is 2.21. The van der Waals surface area contributed by atoms with Crippen LogP contribution in [0.2, 0.25) is 10.0 Å². The minimum atomic E-state index is -0.194. The third kappa shape index (κ3) is 5.82. The number of rotatable bonds is 6. The summed E-state index contributed by atoms with van der Waals surface area (Å²) in [5, 5.41) is 1.35. The van der Waals surface area contributed by atoms with Gasteiger partial charge < -0.3 is 9.88 Å². The zero-order valence-electron chi connectivity index (χ0n) is 15.2. The molecular weight excluding hydrogens is 405 g/mol. The molecule has 0 spiro atoms. The van der Waals surface area contributed by atoms with Crippen LogP contribution in [0.5, 0.6) is 0 Å². The summed E-state index contributed by atoms with van der Waals surface area (Å²) in [6, 6.07) is 5.69. The summed E-state index contributed by atoms with van der Waals surface area (Å²) in [7, 11) is 1.80. The number of H-pyrrole nitrogens is 1. The second-order valence-corrected chi connectivity index (χ2v) is 8.94. The highest BCUT2D eigenvalue weighted by Crippen LogP contribution is 2.24. The zero-order valence-corrected chi connectivity index (χ0v) is 17.5. The number of nitrogens with one attached hydrogen (secondary N) is 1. The predicted octanol–water partition coefficient (Wildman–Crippen LogP) is 4.12. The van der Waals surface area contributed by atoms with Gasteiger partial charge >= 0.3 is 4.87 Å². The van der Waals surface area contributed by atoms with Crippen molar-refractivity contribution in [2.45, 2.75) is 25.8 Å². The number of nitrogens with zero attached hydrogens (tertiary/aromatic N) is 2. The van der Waals surface area contributed by atoms with Gasteiger partial charge in [0.1, 0.15) is 4.88 Å². The van der Waals surface area contributed by atoms with Crippen LogP contribution in [0.15, 0.2) is 29.2 Å². The summed E-state index contributed by atoms with van der Waals surface area (Å²) in [6.07, 6.45) is 4.71. The van der Waals surface area contributed by atoms with Crippen molar-refractivity contribution in [2.24, 2.45) is 5.92 Å². The molecule has 5 nitrogen and oxygen atoms in total. The van der Waals surface area contributed by atoms with Gasteiger partial charge in [0.15, 0.2) is 0 Å². The van der Waals surface area contributed by atoms with Gasteiger partial charge in [-0.25, -0.2) is 0 Å². The maximum Gasteiger partial charge on any atom is 0.305 e. The van der Waals surface area contributed by atoms with E-state index in [1.54, 1.807) is 18.0 Å². The molecule has 1 saturated heterocycles. The lowest BCUT2D eigenvalue weighted by Crippen LogP contribution is -2.35. The molecule has 2 heterocycles. The lowest BCUT2D eigenvalue weighted by Gasteiger charge is -2.32. The number of carbonyl (C=O) groups excluding carboxylic acids is 1. The average molecular weight is 428 g/mol. The zero-order chi connectivity index (χ0) is 19.4. The molecule has 1 amide bonds. The van der Waals surface area contributed by atoms with E-state index in [9.17, 15) is 9.59 Å². The number of benzene rings is 1. The number of aromatic amines is 1. The minimum Gasteiger partial charge on any atom is -0.341 e. The van der Waals surface area contributed by atoms with Crippen molar-refractivity contribution in [1.29, 1.82) is 0 Å². The van der Waals surface area contributed by atoms with E-state index in [0.29, 0.717) is 27.4 Å². The van der Waals surface area contributed by atoms with Crippen LogP contribution in [0.4, 0.5) is 0 Å². The summed E-state index contributed by atoms with van der Waals surface area (Å²) < 4.78 is 0. The molecule has 0 bridgehead atoms. The van der Waals surface area contributed by atoms with Crippen LogP contribution in [0.1, 0.15) is 34.5 Å². The normalized spacial score (nSPS) is 15.8. The van der Waals surface area contributed by atoms with Crippen molar-refractivity contribution in [1.82, 2.24) is 14.8 Å². The maximum atomic E-state index is 12.3. The van der Waals surface area contributed by atoms with Gasteiger partial charge in [0, 0.05) is 36.4 Å². The fourth-order valence-electron chi connectivity index (χ4n) is 3.45. The number of amides is 1. The van der Waals surface area contributed by atoms with Crippen LogP contribution in [0.3, 0.4) is 0 Å². The second-order valence-electron chi connectivity index (χ2n) is 7.06. The Kier molecular flexibility index (Phi) is 6.98. The van der Waals surface area contributed by atoms with Crippen LogP contribution >= 0.6 is 34.5 Å². The molecule has 8 heteroatoms. The molecule has 0 aliphatic carbocycles. The van der Waals surface area contributed by atoms with Crippen LogP contribution in [-0.2, 0) is 6.54 Å². The fraction of sp³-hybridized carbons (Fsp3) is 0.474. The number of hydrogen-bond donors (Lipinski definition) is 1. The minimum absolute atomic E-state index is 0.0892. The van der Waals surface area contributed by atoms with E-state index in [2.05, 4.69) is 9.88 Å².